The van der Waals surface area contributed by atoms with Crippen LogP contribution >= 0.6 is 0 Å². The highest BCUT2D eigenvalue weighted by Crippen LogP contribution is 2.42. The van der Waals surface area contributed by atoms with Gasteiger partial charge in [-0.2, -0.15) is 5.26 Å². The average molecular weight is 638 g/mol. The van der Waals surface area contributed by atoms with Crippen molar-refractivity contribution in [2.75, 3.05) is 0 Å². The smallest absolute Gasteiger partial charge is 0.114 e. The Bertz CT molecular complexity index is 2920. The molecule has 0 saturated carbocycles. The Hall–Kier alpha value is -6.01. The summed E-state index contributed by atoms with van der Waals surface area (Å²) in [4.78, 5) is 0. The first-order valence-corrected chi connectivity index (χ1v) is 20.0. The van der Waals surface area contributed by atoms with Gasteiger partial charge >= 0.3 is 0 Å². The topological polar surface area (TPSA) is 23.8 Å². The Labute approximate surface area is 286 Å². The molecule has 0 aromatic heterocycles. The standard InChI is InChI=1S/C47H31NSi/c1-49(2)46-27-44-39-17-8-7-16-38(39)42-25-32(34-23-22-33(36-14-5-6-15-37(34)36)31-12-9-10-29(24-31)28-48)19-20-40(42)43(44)26-45(46)41-21-18-30-11-3-4-13-35(30)47(41)49/h3-27H,1-2H3. The Kier molecular flexibility index (Phi) is 5.86. The van der Waals surface area contributed by atoms with Gasteiger partial charge in [-0.15, -0.1) is 0 Å². The van der Waals surface area contributed by atoms with E-state index in [9.17, 15) is 5.26 Å². The molecule has 10 rings (SSSR count). The molecule has 49 heavy (non-hydrogen) atoms. The molecule has 0 saturated heterocycles. The molecule has 1 heterocycles. The molecule has 9 aromatic carbocycles. The number of rotatable bonds is 2. The second-order valence-corrected chi connectivity index (χ2v) is 18.3. The van der Waals surface area contributed by atoms with Gasteiger partial charge in [-0.25, -0.2) is 0 Å². The number of fused-ring (bicyclic) bond motifs is 12. The molecule has 0 aliphatic carbocycles. The Morgan fingerprint density at radius 1 is 0.408 bits per heavy atom. The van der Waals surface area contributed by atoms with Crippen LogP contribution in [0.25, 0.3) is 87.2 Å². The minimum absolute atomic E-state index is 0.674. The largest absolute Gasteiger partial charge is 0.192 e. The zero-order valence-electron chi connectivity index (χ0n) is 27.4. The van der Waals surface area contributed by atoms with Crippen LogP contribution < -0.4 is 10.4 Å². The molecule has 0 atom stereocenters. The van der Waals surface area contributed by atoms with Crippen LogP contribution in [0.1, 0.15) is 5.56 Å². The van der Waals surface area contributed by atoms with Crippen LogP contribution in [0.3, 0.4) is 0 Å². The molecule has 0 unspecified atom stereocenters. The van der Waals surface area contributed by atoms with Gasteiger partial charge < -0.3 is 0 Å². The fraction of sp³-hybridized carbons (Fsp3) is 0.0426. The summed E-state index contributed by atoms with van der Waals surface area (Å²) in [6.45, 7) is 5.06. The lowest BCUT2D eigenvalue weighted by molar-refractivity contribution is 1.48. The van der Waals surface area contributed by atoms with Crippen LogP contribution in [0.2, 0.25) is 13.1 Å². The molecule has 0 bridgehead atoms. The molecule has 1 aliphatic rings. The number of nitriles is 1. The van der Waals surface area contributed by atoms with Crippen molar-refractivity contribution in [3.05, 3.63) is 157 Å². The van der Waals surface area contributed by atoms with E-state index in [1.165, 1.54) is 76.1 Å². The molecular weight excluding hydrogens is 607 g/mol. The monoisotopic (exact) mass is 637 g/mol. The van der Waals surface area contributed by atoms with Gasteiger partial charge in [0.25, 0.3) is 0 Å². The molecule has 9 aromatic rings. The predicted octanol–water partition coefficient (Wildman–Crippen LogP) is 11.5. The molecule has 0 N–H and O–H groups in total. The van der Waals surface area contributed by atoms with E-state index in [0.29, 0.717) is 5.56 Å². The third kappa shape index (κ3) is 3.97. The van der Waals surface area contributed by atoms with Crippen LogP contribution in [0.5, 0.6) is 0 Å². The lowest BCUT2D eigenvalue weighted by Crippen LogP contribution is -2.49. The predicted molar refractivity (Wildman–Crippen MR) is 212 cm³/mol. The van der Waals surface area contributed by atoms with Gasteiger partial charge in [-0.1, -0.05) is 140 Å². The Balaban J connectivity index is 1.23. The summed E-state index contributed by atoms with van der Waals surface area (Å²) >= 11 is 0. The van der Waals surface area contributed by atoms with E-state index in [1.54, 1.807) is 10.4 Å². The first-order chi connectivity index (χ1) is 24.0. The van der Waals surface area contributed by atoms with Crippen molar-refractivity contribution in [2.45, 2.75) is 13.1 Å². The average Bonchev–Trinajstić information content (AvgIpc) is 3.39. The molecule has 0 fully saturated rings. The van der Waals surface area contributed by atoms with Gasteiger partial charge in [0.2, 0.25) is 0 Å². The lowest BCUT2D eigenvalue weighted by atomic mass is 9.88. The van der Waals surface area contributed by atoms with Gasteiger partial charge in [0.15, 0.2) is 0 Å². The fourth-order valence-electron chi connectivity index (χ4n) is 8.77. The van der Waals surface area contributed by atoms with Crippen LogP contribution in [-0.2, 0) is 0 Å². The van der Waals surface area contributed by atoms with Gasteiger partial charge in [-0.3, -0.25) is 0 Å². The fourth-order valence-corrected chi connectivity index (χ4v) is 12.2. The molecule has 0 spiro atoms. The molecule has 2 heteroatoms. The second-order valence-electron chi connectivity index (χ2n) is 14.0. The highest BCUT2D eigenvalue weighted by Gasteiger charge is 2.39. The normalized spacial score (nSPS) is 13.2. The third-order valence-electron chi connectivity index (χ3n) is 11.0. The van der Waals surface area contributed by atoms with Gasteiger partial charge in [0.1, 0.15) is 8.07 Å². The maximum atomic E-state index is 9.54. The Morgan fingerprint density at radius 2 is 0.980 bits per heavy atom. The molecule has 1 aliphatic heterocycles. The van der Waals surface area contributed by atoms with Crippen LogP contribution in [0.4, 0.5) is 0 Å². The van der Waals surface area contributed by atoms with Gasteiger partial charge in [0.05, 0.1) is 11.6 Å². The van der Waals surface area contributed by atoms with Gasteiger partial charge in [0, 0.05) is 0 Å². The molecule has 228 valence electrons. The van der Waals surface area contributed by atoms with E-state index in [2.05, 4.69) is 153 Å². The maximum Gasteiger partial charge on any atom is 0.114 e. The van der Waals surface area contributed by atoms with Crippen molar-refractivity contribution in [1.29, 1.82) is 5.26 Å². The van der Waals surface area contributed by atoms with Crippen molar-refractivity contribution in [2.24, 2.45) is 0 Å². The summed E-state index contributed by atoms with van der Waals surface area (Å²) in [5.41, 5.74) is 8.12. The maximum absolute atomic E-state index is 9.54. The van der Waals surface area contributed by atoms with Gasteiger partial charge in [-0.05, 0) is 122 Å². The molecule has 0 radical (unpaired) electrons. The van der Waals surface area contributed by atoms with Crippen LogP contribution in [0.15, 0.2) is 152 Å². The highest BCUT2D eigenvalue weighted by molar-refractivity contribution is 7.05. The second kappa shape index (κ2) is 10.2. The van der Waals surface area contributed by atoms with Crippen molar-refractivity contribution in [3.63, 3.8) is 0 Å². The summed E-state index contributed by atoms with van der Waals surface area (Å²) in [5, 5.41) is 25.6. The summed E-state index contributed by atoms with van der Waals surface area (Å²) in [5.74, 6) is 0. The summed E-state index contributed by atoms with van der Waals surface area (Å²) in [6, 6.07) is 58.0. The molecule has 1 nitrogen and oxygen atoms in total. The molecular formula is C47H31NSi. The number of hydrogen-bond donors (Lipinski definition) is 0. The van der Waals surface area contributed by atoms with E-state index in [1.807, 2.05) is 18.2 Å². The lowest BCUT2D eigenvalue weighted by Gasteiger charge is -2.21. The number of nitrogens with zero attached hydrogens (tertiary/aromatic N) is 1. The number of hydrogen-bond acceptors (Lipinski definition) is 1. The van der Waals surface area contributed by atoms with Crippen molar-refractivity contribution < 1.29 is 0 Å². The van der Waals surface area contributed by atoms with E-state index in [4.69, 9.17) is 0 Å². The summed E-state index contributed by atoms with van der Waals surface area (Å²) in [7, 11) is -1.95. The SMILES string of the molecule is C[Si]1(C)c2cc3c4ccccc4c4cc(-c5ccc(-c6cccc(C#N)c6)c6ccccc56)ccc4c3cc2-c2ccc3ccccc3c21. The van der Waals surface area contributed by atoms with E-state index in [-0.39, 0.29) is 0 Å². The quantitative estimate of drug-likeness (QED) is 0.137. The Morgan fingerprint density at radius 3 is 1.69 bits per heavy atom. The van der Waals surface area contributed by atoms with Crippen molar-refractivity contribution in [3.8, 4) is 39.4 Å². The zero-order chi connectivity index (χ0) is 32.9. The first-order valence-electron chi connectivity index (χ1n) is 17.0. The van der Waals surface area contributed by atoms with E-state index in [0.717, 1.165) is 11.1 Å². The zero-order valence-corrected chi connectivity index (χ0v) is 28.4. The first kappa shape index (κ1) is 28.0. The number of benzene rings is 9. The van der Waals surface area contributed by atoms with Crippen LogP contribution in [-0.4, -0.2) is 8.07 Å². The van der Waals surface area contributed by atoms with E-state index >= 15 is 0 Å². The highest BCUT2D eigenvalue weighted by atomic mass is 28.3. The summed E-state index contributed by atoms with van der Waals surface area (Å²) < 4.78 is 0. The van der Waals surface area contributed by atoms with Crippen molar-refractivity contribution in [1.82, 2.24) is 0 Å². The summed E-state index contributed by atoms with van der Waals surface area (Å²) in [6.07, 6.45) is 0. The molecule has 0 amide bonds. The minimum atomic E-state index is -1.95. The minimum Gasteiger partial charge on any atom is -0.192 e. The third-order valence-corrected chi connectivity index (χ3v) is 14.6. The van der Waals surface area contributed by atoms with Crippen molar-refractivity contribution >= 4 is 72.3 Å². The van der Waals surface area contributed by atoms with E-state index < -0.39 is 8.07 Å². The van der Waals surface area contributed by atoms with Crippen LogP contribution in [0, 0.1) is 11.3 Å².